The van der Waals surface area contributed by atoms with Crippen molar-refractivity contribution in [3.8, 4) is 17.2 Å². The Morgan fingerprint density at radius 2 is 1.69 bits per heavy atom. The number of halogens is 1. The van der Waals surface area contributed by atoms with Crippen molar-refractivity contribution in [2.24, 2.45) is 0 Å². The zero-order valence-electron chi connectivity index (χ0n) is 20.0. The Morgan fingerprint density at radius 3 is 2.39 bits per heavy atom. The molecule has 2 heterocycles. The number of carbonyl (C=O) groups is 2. The van der Waals surface area contributed by atoms with E-state index in [4.69, 9.17) is 25.8 Å². The fraction of sp³-hybridized carbons (Fsp3) is 0.280. The highest BCUT2D eigenvalue weighted by atomic mass is 35.5. The van der Waals surface area contributed by atoms with E-state index < -0.39 is 34.9 Å². The van der Waals surface area contributed by atoms with Crippen LogP contribution in [0.15, 0.2) is 53.4 Å². The second-order valence-electron chi connectivity index (χ2n) is 8.25. The maximum absolute atomic E-state index is 12.9. The SMILES string of the molecule is Cc1cc(C(=O)COC(=O)CN(C)S(=O)(=O)c2ccc(Cl)cc2)c(C)n1-c1ccc2c(c1)OCCO2. The molecule has 36 heavy (non-hydrogen) atoms. The van der Waals surface area contributed by atoms with E-state index in [0.717, 1.165) is 15.7 Å². The second-order valence-corrected chi connectivity index (χ2v) is 10.7. The first kappa shape index (κ1) is 25.7. The monoisotopic (exact) mass is 532 g/mol. The van der Waals surface area contributed by atoms with Crippen molar-refractivity contribution in [1.82, 2.24) is 8.87 Å². The van der Waals surface area contributed by atoms with Gasteiger partial charge in [-0.3, -0.25) is 9.59 Å². The van der Waals surface area contributed by atoms with Gasteiger partial charge < -0.3 is 18.8 Å². The highest BCUT2D eigenvalue weighted by molar-refractivity contribution is 7.89. The van der Waals surface area contributed by atoms with Crippen LogP contribution in [0.2, 0.25) is 5.02 Å². The van der Waals surface area contributed by atoms with Crippen LogP contribution in [0.3, 0.4) is 0 Å². The lowest BCUT2D eigenvalue weighted by atomic mass is 10.1. The van der Waals surface area contributed by atoms with Crippen molar-refractivity contribution < 1.29 is 32.2 Å². The number of aromatic nitrogens is 1. The Labute approximate surface area is 214 Å². The maximum Gasteiger partial charge on any atom is 0.321 e. The van der Waals surface area contributed by atoms with Crippen molar-refractivity contribution in [3.05, 3.63) is 70.5 Å². The van der Waals surface area contributed by atoms with Gasteiger partial charge in [0.05, 0.1) is 4.90 Å². The molecule has 11 heteroatoms. The number of benzene rings is 2. The quantitative estimate of drug-likeness (QED) is 0.322. The molecule has 0 aliphatic carbocycles. The van der Waals surface area contributed by atoms with Gasteiger partial charge in [-0.05, 0) is 56.3 Å². The lowest BCUT2D eigenvalue weighted by Crippen LogP contribution is -2.33. The zero-order valence-corrected chi connectivity index (χ0v) is 21.6. The Hall–Kier alpha value is -3.34. The summed E-state index contributed by atoms with van der Waals surface area (Å²) in [6, 6.07) is 12.8. The summed E-state index contributed by atoms with van der Waals surface area (Å²) in [7, 11) is -2.66. The van der Waals surface area contributed by atoms with E-state index in [-0.39, 0.29) is 4.90 Å². The van der Waals surface area contributed by atoms with Crippen molar-refractivity contribution in [1.29, 1.82) is 0 Å². The molecule has 0 atom stereocenters. The predicted molar refractivity (Wildman–Crippen MR) is 133 cm³/mol. The van der Waals surface area contributed by atoms with Gasteiger partial charge in [-0.2, -0.15) is 4.31 Å². The number of aryl methyl sites for hydroxylation is 1. The first-order valence-electron chi connectivity index (χ1n) is 11.1. The molecule has 0 saturated carbocycles. The molecule has 0 fully saturated rings. The Morgan fingerprint density at radius 1 is 1.03 bits per heavy atom. The molecule has 1 aliphatic rings. The first-order valence-corrected chi connectivity index (χ1v) is 12.9. The third-order valence-corrected chi connectivity index (χ3v) is 7.82. The van der Waals surface area contributed by atoms with Crippen LogP contribution in [0.1, 0.15) is 21.7 Å². The number of rotatable bonds is 8. The number of likely N-dealkylation sites (N-methyl/N-ethyl adjacent to an activating group) is 1. The van der Waals surface area contributed by atoms with Gasteiger partial charge in [0.25, 0.3) is 0 Å². The second kappa shape index (κ2) is 10.3. The molecule has 3 aromatic rings. The summed E-state index contributed by atoms with van der Waals surface area (Å²) >= 11 is 5.81. The number of carbonyl (C=O) groups excluding carboxylic acids is 2. The Balaban J connectivity index is 1.41. The van der Waals surface area contributed by atoms with Gasteiger partial charge in [0.15, 0.2) is 18.1 Å². The van der Waals surface area contributed by atoms with Crippen LogP contribution in [0.4, 0.5) is 0 Å². The Bertz CT molecular complexity index is 1410. The van der Waals surface area contributed by atoms with E-state index in [2.05, 4.69) is 0 Å². The van der Waals surface area contributed by atoms with Gasteiger partial charge in [-0.1, -0.05) is 11.6 Å². The lowest BCUT2D eigenvalue weighted by molar-refractivity contribution is -0.142. The highest BCUT2D eigenvalue weighted by Gasteiger charge is 2.25. The van der Waals surface area contributed by atoms with Gasteiger partial charge in [0, 0.05) is 40.8 Å². The molecule has 0 saturated heterocycles. The molecule has 4 rings (SSSR count). The van der Waals surface area contributed by atoms with Crippen LogP contribution in [0.25, 0.3) is 5.69 Å². The van der Waals surface area contributed by atoms with Gasteiger partial charge in [-0.25, -0.2) is 8.42 Å². The molecule has 2 aromatic carbocycles. The minimum absolute atomic E-state index is 0.00939. The van der Waals surface area contributed by atoms with E-state index in [1.54, 1.807) is 13.0 Å². The number of hydrogen-bond acceptors (Lipinski definition) is 7. The molecule has 0 unspecified atom stereocenters. The summed E-state index contributed by atoms with van der Waals surface area (Å²) in [5, 5.41) is 0.392. The minimum Gasteiger partial charge on any atom is -0.486 e. The number of ether oxygens (including phenoxy) is 3. The number of nitrogens with zero attached hydrogens (tertiary/aromatic N) is 2. The van der Waals surface area contributed by atoms with Crippen molar-refractivity contribution in [3.63, 3.8) is 0 Å². The van der Waals surface area contributed by atoms with Crippen molar-refractivity contribution in [2.75, 3.05) is 33.4 Å². The summed E-state index contributed by atoms with van der Waals surface area (Å²) in [5.74, 6) is 0.0527. The van der Waals surface area contributed by atoms with Crippen molar-refractivity contribution >= 4 is 33.4 Å². The molecular weight excluding hydrogens is 508 g/mol. The smallest absolute Gasteiger partial charge is 0.321 e. The summed E-state index contributed by atoms with van der Waals surface area (Å²) in [6.07, 6.45) is 0. The van der Waals surface area contributed by atoms with Gasteiger partial charge in [0.1, 0.15) is 19.8 Å². The molecule has 0 spiro atoms. The summed E-state index contributed by atoms with van der Waals surface area (Å²) in [5.41, 5.74) is 2.69. The third-order valence-electron chi connectivity index (χ3n) is 5.75. The zero-order chi connectivity index (χ0) is 26.0. The molecule has 1 aliphatic heterocycles. The van der Waals surface area contributed by atoms with E-state index >= 15 is 0 Å². The van der Waals surface area contributed by atoms with Gasteiger partial charge in [0.2, 0.25) is 15.8 Å². The van der Waals surface area contributed by atoms with E-state index in [1.165, 1.54) is 31.3 Å². The summed E-state index contributed by atoms with van der Waals surface area (Å²) in [6.45, 7) is 3.56. The van der Waals surface area contributed by atoms with Crippen LogP contribution < -0.4 is 9.47 Å². The molecule has 0 bridgehead atoms. The fourth-order valence-corrected chi connectivity index (χ4v) is 5.18. The van der Waals surface area contributed by atoms with E-state index in [1.807, 2.05) is 29.7 Å². The standard InChI is InChI=1S/C25H25ClN2O7S/c1-16-12-21(17(2)28(16)19-6-9-23-24(13-19)34-11-10-33-23)22(29)15-35-25(30)14-27(3)36(31,32)20-7-4-18(26)5-8-20/h4-9,12-13H,10-11,14-15H2,1-3H3. The van der Waals surface area contributed by atoms with E-state index in [9.17, 15) is 18.0 Å². The largest absolute Gasteiger partial charge is 0.486 e. The summed E-state index contributed by atoms with van der Waals surface area (Å²) in [4.78, 5) is 25.2. The number of fused-ring (bicyclic) bond motifs is 1. The number of hydrogen-bond donors (Lipinski definition) is 0. The molecule has 9 nitrogen and oxygen atoms in total. The molecular formula is C25H25ClN2O7S. The van der Waals surface area contributed by atoms with Gasteiger partial charge >= 0.3 is 5.97 Å². The molecule has 0 radical (unpaired) electrons. The molecule has 0 amide bonds. The average Bonchev–Trinajstić information content (AvgIpc) is 3.16. The number of sulfonamides is 1. The third kappa shape index (κ3) is 5.25. The number of esters is 1. The van der Waals surface area contributed by atoms with Crippen LogP contribution in [0.5, 0.6) is 11.5 Å². The van der Waals surface area contributed by atoms with Gasteiger partial charge in [-0.15, -0.1) is 0 Å². The van der Waals surface area contributed by atoms with Crippen LogP contribution in [-0.2, 0) is 19.6 Å². The molecule has 190 valence electrons. The topological polar surface area (TPSA) is 104 Å². The molecule has 0 N–H and O–H groups in total. The Kier molecular flexibility index (Phi) is 7.39. The van der Waals surface area contributed by atoms with Crippen LogP contribution in [0, 0.1) is 13.8 Å². The van der Waals surface area contributed by atoms with Crippen LogP contribution >= 0.6 is 11.6 Å². The highest BCUT2D eigenvalue weighted by Crippen LogP contribution is 2.33. The first-order chi connectivity index (χ1) is 17.1. The van der Waals surface area contributed by atoms with Crippen LogP contribution in [-0.4, -0.2) is 62.5 Å². The normalized spacial score (nSPS) is 13.0. The molecule has 1 aromatic heterocycles. The van der Waals surface area contributed by atoms with Crippen molar-refractivity contribution in [2.45, 2.75) is 18.7 Å². The fourth-order valence-electron chi connectivity index (χ4n) is 3.94. The minimum atomic E-state index is -3.92. The number of Topliss-reactive ketones (excluding diaryl/α,β-unsaturated/α-hetero) is 1. The van der Waals surface area contributed by atoms with E-state index in [0.29, 0.717) is 41.0 Å². The predicted octanol–water partition coefficient (Wildman–Crippen LogP) is 3.57. The number of ketones is 1. The maximum atomic E-state index is 12.9. The average molecular weight is 533 g/mol. The summed E-state index contributed by atoms with van der Waals surface area (Å²) < 4.78 is 44.4. The lowest BCUT2D eigenvalue weighted by Gasteiger charge is -2.20.